The third-order valence-corrected chi connectivity index (χ3v) is 5.02. The molecule has 1 aromatic rings. The van der Waals surface area contributed by atoms with Crippen LogP contribution in [0.5, 0.6) is 0 Å². The molecule has 2 aliphatic rings. The molecule has 2 heterocycles. The first-order valence-corrected chi connectivity index (χ1v) is 7.86. The van der Waals surface area contributed by atoms with E-state index in [1.807, 2.05) is 6.92 Å². The maximum absolute atomic E-state index is 6.59. The molecule has 4 heteroatoms. The molecule has 0 aromatic carbocycles. The fourth-order valence-electron chi connectivity index (χ4n) is 3.64. The van der Waals surface area contributed by atoms with Crippen molar-refractivity contribution in [1.82, 2.24) is 10.2 Å². The molecule has 0 amide bonds. The standard InChI is InChI=1S/C16H25N3O/c1-3-14-13(9-11(2)18-19-14)15(17)12-5-8-20-16(10-12)6-4-7-16/h9,12,15H,3-8,10,17H2,1-2H3. The lowest BCUT2D eigenvalue weighted by Crippen LogP contribution is -2.47. The molecular weight excluding hydrogens is 250 g/mol. The Labute approximate surface area is 121 Å². The van der Waals surface area contributed by atoms with Crippen LogP contribution in [-0.2, 0) is 11.2 Å². The molecule has 20 heavy (non-hydrogen) atoms. The van der Waals surface area contributed by atoms with Crippen molar-refractivity contribution in [2.45, 2.75) is 64.0 Å². The number of aromatic nitrogens is 2. The second kappa shape index (κ2) is 5.41. The second-order valence-electron chi connectivity index (χ2n) is 6.40. The number of nitrogens with zero attached hydrogens (tertiary/aromatic N) is 2. The van der Waals surface area contributed by atoms with Crippen LogP contribution in [0.25, 0.3) is 0 Å². The van der Waals surface area contributed by atoms with E-state index < -0.39 is 0 Å². The molecule has 1 aliphatic carbocycles. The van der Waals surface area contributed by atoms with Crippen LogP contribution < -0.4 is 5.73 Å². The smallest absolute Gasteiger partial charge is 0.0686 e. The Bertz CT molecular complexity index is 485. The zero-order chi connectivity index (χ0) is 14.2. The van der Waals surface area contributed by atoms with Crippen molar-refractivity contribution in [1.29, 1.82) is 0 Å². The van der Waals surface area contributed by atoms with Gasteiger partial charge in [0.05, 0.1) is 17.0 Å². The summed E-state index contributed by atoms with van der Waals surface area (Å²) in [6.07, 6.45) is 6.80. The Morgan fingerprint density at radius 1 is 1.45 bits per heavy atom. The van der Waals surface area contributed by atoms with E-state index in [-0.39, 0.29) is 11.6 Å². The largest absolute Gasteiger partial charge is 0.375 e. The molecule has 110 valence electrons. The van der Waals surface area contributed by atoms with Gasteiger partial charge in [0.25, 0.3) is 0 Å². The number of ether oxygens (including phenoxy) is 1. The lowest BCUT2D eigenvalue weighted by molar-refractivity contribution is -0.146. The molecule has 3 rings (SSSR count). The number of hydrogen-bond acceptors (Lipinski definition) is 4. The van der Waals surface area contributed by atoms with Gasteiger partial charge in [-0.3, -0.25) is 0 Å². The van der Waals surface area contributed by atoms with Crippen molar-refractivity contribution in [3.63, 3.8) is 0 Å². The lowest BCUT2D eigenvalue weighted by Gasteiger charge is -2.48. The van der Waals surface area contributed by atoms with Crippen molar-refractivity contribution in [3.05, 3.63) is 23.0 Å². The van der Waals surface area contributed by atoms with Gasteiger partial charge in [-0.05, 0) is 63.0 Å². The Morgan fingerprint density at radius 3 is 2.90 bits per heavy atom. The third kappa shape index (κ3) is 2.47. The maximum atomic E-state index is 6.59. The van der Waals surface area contributed by atoms with Gasteiger partial charge < -0.3 is 10.5 Å². The van der Waals surface area contributed by atoms with Crippen LogP contribution in [0.4, 0.5) is 0 Å². The molecule has 2 atom stereocenters. The topological polar surface area (TPSA) is 61.0 Å². The van der Waals surface area contributed by atoms with Crippen LogP contribution in [0.2, 0.25) is 0 Å². The Hall–Kier alpha value is -1.00. The molecule has 4 nitrogen and oxygen atoms in total. The van der Waals surface area contributed by atoms with Gasteiger partial charge in [-0.15, -0.1) is 0 Å². The first kappa shape index (κ1) is 14.0. The van der Waals surface area contributed by atoms with Crippen molar-refractivity contribution >= 4 is 0 Å². The molecule has 1 aliphatic heterocycles. The molecule has 2 fully saturated rings. The van der Waals surface area contributed by atoms with Gasteiger partial charge in [-0.1, -0.05) is 6.92 Å². The number of aryl methyl sites for hydroxylation is 2. The van der Waals surface area contributed by atoms with Crippen LogP contribution in [0.15, 0.2) is 6.07 Å². The number of nitrogens with two attached hydrogens (primary N) is 1. The molecular formula is C16H25N3O. The number of rotatable bonds is 3. The van der Waals surface area contributed by atoms with E-state index in [0.717, 1.165) is 37.3 Å². The summed E-state index contributed by atoms with van der Waals surface area (Å²) in [5.74, 6) is 0.512. The summed E-state index contributed by atoms with van der Waals surface area (Å²) in [7, 11) is 0. The van der Waals surface area contributed by atoms with Gasteiger partial charge in [0.1, 0.15) is 0 Å². The summed E-state index contributed by atoms with van der Waals surface area (Å²) < 4.78 is 6.01. The monoisotopic (exact) mass is 275 g/mol. The van der Waals surface area contributed by atoms with E-state index in [1.165, 1.54) is 24.8 Å². The van der Waals surface area contributed by atoms with Crippen molar-refractivity contribution in [2.24, 2.45) is 11.7 Å². The highest BCUT2D eigenvalue weighted by atomic mass is 16.5. The first-order chi connectivity index (χ1) is 9.63. The van der Waals surface area contributed by atoms with Crippen LogP contribution in [0.3, 0.4) is 0 Å². The highest BCUT2D eigenvalue weighted by molar-refractivity contribution is 5.25. The molecule has 2 unspecified atom stereocenters. The molecule has 1 spiro atoms. The van der Waals surface area contributed by atoms with E-state index in [1.54, 1.807) is 0 Å². The minimum Gasteiger partial charge on any atom is -0.375 e. The first-order valence-electron chi connectivity index (χ1n) is 7.86. The second-order valence-corrected chi connectivity index (χ2v) is 6.40. The van der Waals surface area contributed by atoms with Crippen LogP contribution >= 0.6 is 0 Å². The minimum absolute atomic E-state index is 0.0699. The predicted octanol–water partition coefficient (Wildman–Crippen LogP) is 2.70. The molecule has 2 N–H and O–H groups in total. The van der Waals surface area contributed by atoms with Gasteiger partial charge >= 0.3 is 0 Å². The van der Waals surface area contributed by atoms with Crippen LogP contribution in [0.1, 0.15) is 62.0 Å². The highest BCUT2D eigenvalue weighted by Gasteiger charge is 2.44. The maximum Gasteiger partial charge on any atom is 0.0686 e. The van der Waals surface area contributed by atoms with Gasteiger partial charge in [-0.2, -0.15) is 10.2 Å². The van der Waals surface area contributed by atoms with Gasteiger partial charge in [0.15, 0.2) is 0 Å². The molecule has 1 saturated carbocycles. The van der Waals surface area contributed by atoms with Crippen molar-refractivity contribution < 1.29 is 4.74 Å². The third-order valence-electron chi connectivity index (χ3n) is 5.02. The summed E-state index contributed by atoms with van der Waals surface area (Å²) in [6, 6.07) is 2.19. The van der Waals surface area contributed by atoms with E-state index in [2.05, 4.69) is 23.2 Å². The quantitative estimate of drug-likeness (QED) is 0.921. The van der Waals surface area contributed by atoms with Gasteiger partial charge in [0, 0.05) is 12.6 Å². The Morgan fingerprint density at radius 2 is 2.25 bits per heavy atom. The van der Waals surface area contributed by atoms with Crippen LogP contribution in [0, 0.1) is 12.8 Å². The number of hydrogen-bond donors (Lipinski definition) is 1. The normalized spacial score (nSPS) is 26.2. The fourth-order valence-corrected chi connectivity index (χ4v) is 3.64. The Kier molecular flexibility index (Phi) is 3.78. The minimum atomic E-state index is 0.0699. The molecule has 0 radical (unpaired) electrons. The highest BCUT2D eigenvalue weighted by Crippen LogP contribution is 2.46. The van der Waals surface area contributed by atoms with Gasteiger partial charge in [-0.25, -0.2) is 0 Å². The van der Waals surface area contributed by atoms with Crippen LogP contribution in [-0.4, -0.2) is 22.4 Å². The lowest BCUT2D eigenvalue weighted by atomic mass is 9.69. The molecule has 1 aromatic heterocycles. The zero-order valence-corrected chi connectivity index (χ0v) is 12.6. The van der Waals surface area contributed by atoms with Crippen molar-refractivity contribution in [2.75, 3.05) is 6.61 Å². The molecule has 1 saturated heterocycles. The van der Waals surface area contributed by atoms with E-state index >= 15 is 0 Å². The van der Waals surface area contributed by atoms with Crippen molar-refractivity contribution in [3.8, 4) is 0 Å². The summed E-state index contributed by atoms with van der Waals surface area (Å²) in [5, 5.41) is 8.49. The van der Waals surface area contributed by atoms with E-state index in [0.29, 0.717) is 5.92 Å². The fraction of sp³-hybridized carbons (Fsp3) is 0.750. The zero-order valence-electron chi connectivity index (χ0n) is 12.6. The summed E-state index contributed by atoms with van der Waals surface area (Å²) in [5.41, 5.74) is 9.95. The average Bonchev–Trinajstić information content (AvgIpc) is 2.45. The summed E-state index contributed by atoms with van der Waals surface area (Å²) >= 11 is 0. The van der Waals surface area contributed by atoms with E-state index in [4.69, 9.17) is 10.5 Å². The predicted molar refractivity (Wildman–Crippen MR) is 78.3 cm³/mol. The SMILES string of the molecule is CCc1nnc(C)cc1C(N)C1CCOC2(CCC2)C1. The van der Waals surface area contributed by atoms with E-state index in [9.17, 15) is 0 Å². The van der Waals surface area contributed by atoms with Gasteiger partial charge in [0.2, 0.25) is 0 Å². The molecule has 0 bridgehead atoms. The average molecular weight is 275 g/mol. The Balaban J connectivity index is 1.81. The summed E-state index contributed by atoms with van der Waals surface area (Å²) in [6.45, 7) is 4.96. The summed E-state index contributed by atoms with van der Waals surface area (Å²) in [4.78, 5) is 0.